The number of nitrogens with zero attached hydrogens (tertiary/aromatic N) is 1. The highest BCUT2D eigenvalue weighted by Crippen LogP contribution is 2.49. The van der Waals surface area contributed by atoms with Crippen LogP contribution in [0.1, 0.15) is 30.4 Å². The van der Waals surface area contributed by atoms with Crippen molar-refractivity contribution in [2.45, 2.75) is 31.9 Å². The van der Waals surface area contributed by atoms with E-state index in [-0.39, 0.29) is 18.2 Å². The van der Waals surface area contributed by atoms with Crippen molar-refractivity contribution in [2.24, 2.45) is 11.3 Å². The Morgan fingerprint density at radius 2 is 2.23 bits per heavy atom. The Morgan fingerprint density at radius 1 is 1.45 bits per heavy atom. The number of carbonyl (C=O) groups is 1. The van der Waals surface area contributed by atoms with Crippen LogP contribution in [0, 0.1) is 18.3 Å². The van der Waals surface area contributed by atoms with Gasteiger partial charge in [0.1, 0.15) is 0 Å². The topological polar surface area (TPSA) is 74.7 Å². The molecule has 0 radical (unpaired) electrons. The molecule has 1 aliphatic heterocycles. The second-order valence-corrected chi connectivity index (χ2v) is 8.56. The summed E-state index contributed by atoms with van der Waals surface area (Å²) < 4.78 is 26.7. The van der Waals surface area contributed by atoms with Crippen LogP contribution < -0.4 is 0 Å². The van der Waals surface area contributed by atoms with E-state index >= 15 is 0 Å². The van der Waals surface area contributed by atoms with Gasteiger partial charge in [0, 0.05) is 13.1 Å². The van der Waals surface area contributed by atoms with Crippen LogP contribution in [0.15, 0.2) is 24.3 Å². The van der Waals surface area contributed by atoms with Gasteiger partial charge in [-0.15, -0.1) is 0 Å². The van der Waals surface area contributed by atoms with Gasteiger partial charge in [-0.2, -0.15) is 0 Å². The van der Waals surface area contributed by atoms with Crippen molar-refractivity contribution < 1.29 is 18.3 Å². The number of carboxylic acids is 1. The van der Waals surface area contributed by atoms with Gasteiger partial charge >= 0.3 is 5.97 Å². The van der Waals surface area contributed by atoms with Crippen LogP contribution in [0.4, 0.5) is 0 Å². The van der Waals surface area contributed by atoms with E-state index in [1.54, 1.807) is 6.07 Å². The molecule has 2 atom stereocenters. The summed E-state index contributed by atoms with van der Waals surface area (Å²) in [6.07, 6.45) is 2.27. The predicted molar refractivity (Wildman–Crippen MR) is 82.8 cm³/mol. The summed E-state index contributed by atoms with van der Waals surface area (Å²) in [4.78, 5) is 11.7. The number of rotatable bonds is 4. The minimum absolute atomic E-state index is 0.0442. The van der Waals surface area contributed by atoms with Crippen LogP contribution in [0.3, 0.4) is 0 Å². The first-order chi connectivity index (χ1) is 10.3. The fourth-order valence-electron chi connectivity index (χ4n) is 3.91. The summed E-state index contributed by atoms with van der Waals surface area (Å²) in [6, 6.07) is 7.43. The zero-order chi connectivity index (χ0) is 16.0. The molecular weight excluding hydrogens is 302 g/mol. The van der Waals surface area contributed by atoms with Gasteiger partial charge in [0.2, 0.25) is 10.0 Å². The molecule has 1 saturated carbocycles. The molecule has 0 spiro atoms. The Morgan fingerprint density at radius 3 is 2.86 bits per heavy atom. The number of benzene rings is 1. The highest BCUT2D eigenvalue weighted by atomic mass is 32.2. The zero-order valence-corrected chi connectivity index (χ0v) is 13.5. The number of sulfonamides is 1. The standard InChI is InChI=1S/C16H21NO4S/c1-12-4-2-5-13(8-12)10-22(20,21)17-9-14-6-3-7-16(14,11-17)15(18)19/h2,4-5,8,14H,3,6-7,9-11H2,1H3,(H,18,19)/t14-,16+/m0/s1. The molecule has 22 heavy (non-hydrogen) atoms. The van der Waals surface area contributed by atoms with Crippen molar-refractivity contribution >= 4 is 16.0 Å². The van der Waals surface area contributed by atoms with E-state index in [9.17, 15) is 18.3 Å². The van der Waals surface area contributed by atoms with Crippen molar-refractivity contribution in [2.75, 3.05) is 13.1 Å². The first-order valence-corrected chi connectivity index (χ1v) is 9.21. The van der Waals surface area contributed by atoms with Crippen molar-refractivity contribution in [3.05, 3.63) is 35.4 Å². The Kier molecular flexibility index (Phi) is 3.77. The van der Waals surface area contributed by atoms with Crippen molar-refractivity contribution in [1.82, 2.24) is 4.31 Å². The first-order valence-electron chi connectivity index (χ1n) is 7.60. The Hall–Kier alpha value is -1.40. The molecule has 2 fully saturated rings. The average molecular weight is 323 g/mol. The van der Waals surface area contributed by atoms with E-state index in [4.69, 9.17) is 0 Å². The van der Waals surface area contributed by atoms with Crippen LogP contribution in [0.2, 0.25) is 0 Å². The van der Waals surface area contributed by atoms with Crippen LogP contribution in [0.25, 0.3) is 0 Å². The summed E-state index contributed by atoms with van der Waals surface area (Å²) in [5, 5.41) is 9.56. The maximum atomic E-state index is 12.6. The molecule has 2 aliphatic rings. The van der Waals surface area contributed by atoms with E-state index in [2.05, 4.69) is 0 Å². The highest BCUT2D eigenvalue weighted by Gasteiger charge is 2.56. The number of aryl methyl sites for hydroxylation is 1. The second kappa shape index (κ2) is 5.35. The smallest absolute Gasteiger partial charge is 0.311 e. The van der Waals surface area contributed by atoms with Gasteiger partial charge < -0.3 is 5.11 Å². The average Bonchev–Trinajstić information content (AvgIpc) is 2.95. The zero-order valence-electron chi connectivity index (χ0n) is 12.7. The highest BCUT2D eigenvalue weighted by molar-refractivity contribution is 7.88. The van der Waals surface area contributed by atoms with Crippen molar-refractivity contribution in [3.8, 4) is 0 Å². The molecule has 3 rings (SSSR count). The molecule has 1 saturated heterocycles. The van der Waals surface area contributed by atoms with Crippen molar-refractivity contribution in [1.29, 1.82) is 0 Å². The maximum Gasteiger partial charge on any atom is 0.311 e. The molecule has 1 aromatic rings. The normalized spacial score (nSPS) is 28.7. The molecule has 0 bridgehead atoms. The lowest BCUT2D eigenvalue weighted by Gasteiger charge is -2.23. The summed E-state index contributed by atoms with van der Waals surface area (Å²) in [6.45, 7) is 2.40. The third-order valence-electron chi connectivity index (χ3n) is 5.09. The number of aliphatic carboxylic acids is 1. The molecule has 120 valence electrons. The van der Waals surface area contributed by atoms with E-state index < -0.39 is 21.4 Å². The van der Waals surface area contributed by atoms with E-state index in [1.807, 2.05) is 25.1 Å². The SMILES string of the molecule is Cc1cccc(CS(=O)(=O)N2C[C@@H]3CCC[C@@]3(C(=O)O)C2)c1. The van der Waals surface area contributed by atoms with E-state index in [0.29, 0.717) is 13.0 Å². The lowest BCUT2D eigenvalue weighted by Crippen LogP contribution is -2.37. The van der Waals surface area contributed by atoms with E-state index in [1.165, 1.54) is 4.31 Å². The van der Waals surface area contributed by atoms with Gasteiger partial charge in [0.05, 0.1) is 11.2 Å². The van der Waals surface area contributed by atoms with Gasteiger partial charge in [-0.05, 0) is 31.2 Å². The molecule has 5 nitrogen and oxygen atoms in total. The van der Waals surface area contributed by atoms with Crippen LogP contribution >= 0.6 is 0 Å². The number of hydrogen-bond acceptors (Lipinski definition) is 3. The van der Waals surface area contributed by atoms with Gasteiger partial charge in [-0.25, -0.2) is 12.7 Å². The molecule has 1 aliphatic carbocycles. The number of carboxylic acid groups (broad SMARTS) is 1. The summed E-state index contributed by atoms with van der Waals surface area (Å²) >= 11 is 0. The first kappa shape index (κ1) is 15.5. The van der Waals surface area contributed by atoms with Gasteiger partial charge in [-0.3, -0.25) is 4.79 Å². The molecule has 1 heterocycles. The molecule has 0 amide bonds. The molecule has 1 N–H and O–H groups in total. The quantitative estimate of drug-likeness (QED) is 0.920. The van der Waals surface area contributed by atoms with E-state index in [0.717, 1.165) is 24.0 Å². The molecule has 0 unspecified atom stereocenters. The molecular formula is C16H21NO4S. The summed E-state index contributed by atoms with van der Waals surface area (Å²) in [7, 11) is -3.47. The fraction of sp³-hybridized carbons (Fsp3) is 0.562. The third kappa shape index (κ3) is 2.54. The molecule has 0 aromatic heterocycles. The minimum Gasteiger partial charge on any atom is -0.481 e. The summed E-state index contributed by atoms with van der Waals surface area (Å²) in [5.41, 5.74) is 0.911. The van der Waals surface area contributed by atoms with Gasteiger partial charge in [0.15, 0.2) is 0 Å². The minimum atomic E-state index is -3.47. The summed E-state index contributed by atoms with van der Waals surface area (Å²) in [5.74, 6) is -0.947. The van der Waals surface area contributed by atoms with Crippen LogP contribution in [-0.2, 0) is 20.6 Å². The number of fused-ring (bicyclic) bond motifs is 1. The second-order valence-electron chi connectivity index (χ2n) is 6.59. The van der Waals surface area contributed by atoms with Crippen LogP contribution in [0.5, 0.6) is 0 Å². The Bertz CT molecular complexity index is 700. The largest absolute Gasteiger partial charge is 0.481 e. The number of hydrogen-bond donors (Lipinski definition) is 1. The molecule has 6 heteroatoms. The van der Waals surface area contributed by atoms with Gasteiger partial charge in [-0.1, -0.05) is 36.2 Å². The Balaban J connectivity index is 1.81. The third-order valence-corrected chi connectivity index (χ3v) is 6.85. The molecule has 1 aromatic carbocycles. The maximum absolute atomic E-state index is 12.6. The van der Waals surface area contributed by atoms with Crippen molar-refractivity contribution in [3.63, 3.8) is 0 Å². The fourth-order valence-corrected chi connectivity index (χ4v) is 5.53. The Labute approximate surface area is 131 Å². The predicted octanol–water partition coefficient (Wildman–Crippen LogP) is 2.01. The van der Waals surface area contributed by atoms with Gasteiger partial charge in [0.25, 0.3) is 0 Å². The monoisotopic (exact) mass is 323 g/mol. The van der Waals surface area contributed by atoms with Crippen LogP contribution in [-0.4, -0.2) is 36.9 Å². The lowest BCUT2D eigenvalue weighted by atomic mass is 9.81. The lowest BCUT2D eigenvalue weighted by molar-refractivity contribution is -0.149.